The number of nitrogens with one attached hydrogen (secondary N) is 1. The minimum absolute atomic E-state index is 0.171. The zero-order valence-corrected chi connectivity index (χ0v) is 22.1. The number of barbiturate groups is 1. The number of carbonyl (C=O) groups excluding carboxylic acids is 3. The van der Waals surface area contributed by atoms with Gasteiger partial charge < -0.3 is 9.47 Å². The molecule has 1 aliphatic heterocycles. The highest BCUT2D eigenvalue weighted by atomic mass is 79.9. The summed E-state index contributed by atoms with van der Waals surface area (Å²) in [6, 6.07) is 14.9. The summed E-state index contributed by atoms with van der Waals surface area (Å²) in [5.41, 5.74) is 1.34. The van der Waals surface area contributed by atoms with Crippen molar-refractivity contribution in [3.8, 4) is 11.5 Å². The molecular weight excluding hydrogens is 599 g/mol. The molecule has 4 rings (SSSR count). The number of urea groups is 1. The van der Waals surface area contributed by atoms with Crippen LogP contribution in [0.2, 0.25) is 0 Å². The normalized spacial score (nSPS) is 14.7. The molecule has 0 unspecified atom stereocenters. The van der Waals surface area contributed by atoms with Gasteiger partial charge in [0.15, 0.2) is 11.5 Å². The average Bonchev–Trinajstić information content (AvgIpc) is 2.83. The van der Waals surface area contributed by atoms with Crippen molar-refractivity contribution in [2.75, 3.05) is 11.5 Å². The van der Waals surface area contributed by atoms with Gasteiger partial charge in [0.25, 0.3) is 11.8 Å². The Kier molecular flexibility index (Phi) is 7.85. The summed E-state index contributed by atoms with van der Waals surface area (Å²) in [6.45, 7) is 2.32. The van der Waals surface area contributed by atoms with Crippen LogP contribution in [-0.4, -0.2) is 24.5 Å². The molecule has 0 aromatic heterocycles. The van der Waals surface area contributed by atoms with Crippen LogP contribution in [0.25, 0.3) is 6.08 Å². The van der Waals surface area contributed by atoms with Crippen molar-refractivity contribution in [1.82, 2.24) is 5.32 Å². The lowest BCUT2D eigenvalue weighted by Gasteiger charge is -2.26. The fourth-order valence-corrected chi connectivity index (χ4v) is 4.30. The van der Waals surface area contributed by atoms with Crippen LogP contribution in [0.4, 0.5) is 14.9 Å². The van der Waals surface area contributed by atoms with Crippen molar-refractivity contribution >= 4 is 61.5 Å². The van der Waals surface area contributed by atoms with Crippen LogP contribution in [0.3, 0.4) is 0 Å². The first-order valence-corrected chi connectivity index (χ1v) is 12.4. The van der Waals surface area contributed by atoms with E-state index in [0.717, 1.165) is 14.9 Å². The van der Waals surface area contributed by atoms with E-state index in [9.17, 15) is 18.8 Å². The van der Waals surface area contributed by atoms with E-state index in [1.807, 2.05) is 6.92 Å². The highest BCUT2D eigenvalue weighted by molar-refractivity contribution is 9.10. The summed E-state index contributed by atoms with van der Waals surface area (Å²) in [5, 5.41) is 2.20. The molecule has 1 N–H and O–H groups in total. The van der Waals surface area contributed by atoms with Crippen LogP contribution >= 0.6 is 31.9 Å². The minimum atomic E-state index is -0.829. The fraction of sp³-hybridized carbons (Fsp3) is 0.115. The maximum Gasteiger partial charge on any atom is 0.335 e. The third kappa shape index (κ3) is 5.66. The van der Waals surface area contributed by atoms with Crippen molar-refractivity contribution in [2.24, 2.45) is 0 Å². The number of amides is 4. The van der Waals surface area contributed by atoms with Gasteiger partial charge in [-0.3, -0.25) is 14.9 Å². The number of hydrogen-bond donors (Lipinski definition) is 1. The van der Waals surface area contributed by atoms with Crippen LogP contribution in [-0.2, 0) is 16.2 Å². The smallest absolute Gasteiger partial charge is 0.335 e. The summed E-state index contributed by atoms with van der Waals surface area (Å²) in [5.74, 6) is -1.10. The van der Waals surface area contributed by atoms with E-state index in [-0.39, 0.29) is 18.0 Å². The van der Waals surface area contributed by atoms with Crippen LogP contribution in [0.1, 0.15) is 18.1 Å². The maximum absolute atomic E-state index is 13.2. The molecule has 0 spiro atoms. The quantitative estimate of drug-likeness (QED) is 0.260. The molecule has 0 atom stereocenters. The molecule has 0 bridgehead atoms. The Labute approximate surface area is 223 Å². The second-order valence-electron chi connectivity index (χ2n) is 7.61. The number of imide groups is 2. The largest absolute Gasteiger partial charge is 0.490 e. The zero-order valence-electron chi connectivity index (χ0n) is 18.9. The predicted molar refractivity (Wildman–Crippen MR) is 139 cm³/mol. The number of nitrogens with zero attached hydrogens (tertiary/aromatic N) is 1. The molecular formula is C26H19Br2FN2O5. The number of ether oxygens (including phenoxy) is 2. The maximum atomic E-state index is 13.2. The summed E-state index contributed by atoms with van der Waals surface area (Å²) in [7, 11) is 0. The molecule has 36 heavy (non-hydrogen) atoms. The van der Waals surface area contributed by atoms with E-state index < -0.39 is 17.8 Å². The van der Waals surface area contributed by atoms with Gasteiger partial charge in [0.2, 0.25) is 0 Å². The second kappa shape index (κ2) is 11.0. The van der Waals surface area contributed by atoms with Gasteiger partial charge in [-0.15, -0.1) is 0 Å². The molecule has 0 saturated carbocycles. The molecule has 184 valence electrons. The van der Waals surface area contributed by atoms with Gasteiger partial charge in [-0.2, -0.15) is 0 Å². The van der Waals surface area contributed by atoms with Crippen LogP contribution in [0, 0.1) is 5.82 Å². The predicted octanol–water partition coefficient (Wildman–Crippen LogP) is 5.99. The molecule has 7 nitrogen and oxygen atoms in total. The Bertz CT molecular complexity index is 1360. The monoisotopic (exact) mass is 616 g/mol. The topological polar surface area (TPSA) is 84.9 Å². The van der Waals surface area contributed by atoms with Crippen molar-refractivity contribution in [2.45, 2.75) is 13.5 Å². The number of rotatable bonds is 7. The Hall–Kier alpha value is -3.50. The van der Waals surface area contributed by atoms with Crippen LogP contribution < -0.4 is 19.7 Å². The molecule has 1 fully saturated rings. The van der Waals surface area contributed by atoms with Crippen molar-refractivity contribution in [3.05, 3.63) is 92.1 Å². The van der Waals surface area contributed by atoms with Crippen LogP contribution in [0.5, 0.6) is 11.5 Å². The highest BCUT2D eigenvalue weighted by Gasteiger charge is 2.36. The van der Waals surface area contributed by atoms with Gasteiger partial charge in [0, 0.05) is 4.47 Å². The van der Waals surface area contributed by atoms with E-state index >= 15 is 0 Å². The van der Waals surface area contributed by atoms with E-state index in [1.165, 1.54) is 18.2 Å². The lowest BCUT2D eigenvalue weighted by molar-refractivity contribution is -0.122. The van der Waals surface area contributed by atoms with Gasteiger partial charge in [-0.25, -0.2) is 14.1 Å². The third-order valence-corrected chi connectivity index (χ3v) is 6.24. The fourth-order valence-electron chi connectivity index (χ4n) is 3.46. The Morgan fingerprint density at radius 3 is 2.33 bits per heavy atom. The molecule has 0 aliphatic carbocycles. The van der Waals surface area contributed by atoms with E-state index in [1.54, 1.807) is 48.5 Å². The SMILES string of the molecule is CCOc1cc(/C=C2\C(=O)NC(=O)N(c3ccc(Br)cc3)C2=O)cc(Br)c1OCc1ccc(F)cc1. The summed E-state index contributed by atoms with van der Waals surface area (Å²) in [4.78, 5) is 39.0. The summed E-state index contributed by atoms with van der Waals surface area (Å²) >= 11 is 6.78. The molecule has 1 heterocycles. The van der Waals surface area contributed by atoms with Crippen molar-refractivity contribution in [1.29, 1.82) is 0 Å². The average molecular weight is 618 g/mol. The first-order valence-electron chi connectivity index (χ1n) is 10.8. The van der Waals surface area contributed by atoms with Gasteiger partial charge in [0.05, 0.1) is 16.8 Å². The third-order valence-electron chi connectivity index (χ3n) is 5.13. The Morgan fingerprint density at radius 2 is 1.67 bits per heavy atom. The first-order chi connectivity index (χ1) is 17.3. The number of carbonyl (C=O) groups is 3. The second-order valence-corrected chi connectivity index (χ2v) is 9.38. The molecule has 0 radical (unpaired) electrons. The highest BCUT2D eigenvalue weighted by Crippen LogP contribution is 2.38. The van der Waals surface area contributed by atoms with Crippen LogP contribution in [0.15, 0.2) is 75.2 Å². The van der Waals surface area contributed by atoms with Gasteiger partial charge in [-0.1, -0.05) is 28.1 Å². The molecule has 3 aromatic rings. The van der Waals surface area contributed by atoms with Gasteiger partial charge >= 0.3 is 6.03 Å². The lowest BCUT2D eigenvalue weighted by atomic mass is 10.1. The van der Waals surface area contributed by atoms with E-state index in [4.69, 9.17) is 9.47 Å². The summed E-state index contributed by atoms with van der Waals surface area (Å²) in [6.07, 6.45) is 1.38. The van der Waals surface area contributed by atoms with E-state index in [0.29, 0.717) is 33.8 Å². The number of hydrogen-bond acceptors (Lipinski definition) is 5. The molecule has 3 aromatic carbocycles. The molecule has 4 amide bonds. The minimum Gasteiger partial charge on any atom is -0.490 e. The van der Waals surface area contributed by atoms with E-state index in [2.05, 4.69) is 37.2 Å². The molecule has 1 saturated heterocycles. The number of halogens is 3. The Morgan fingerprint density at radius 1 is 0.972 bits per heavy atom. The van der Waals surface area contributed by atoms with Crippen molar-refractivity contribution < 1.29 is 28.2 Å². The van der Waals surface area contributed by atoms with Gasteiger partial charge in [-0.05, 0) is 88.6 Å². The zero-order chi connectivity index (χ0) is 25.8. The standard InChI is InChI=1S/C26H19Br2FN2O5/c1-2-35-22-13-16(12-21(28)23(22)36-14-15-3-7-18(29)8-4-15)11-20-24(32)30-26(34)31(25(20)33)19-9-5-17(27)6-10-19/h3-13H,2,14H2,1H3,(H,30,32,34)/b20-11+. The van der Waals surface area contributed by atoms with Gasteiger partial charge in [0.1, 0.15) is 18.0 Å². The molecule has 10 heteroatoms. The molecule has 1 aliphatic rings. The lowest BCUT2D eigenvalue weighted by Crippen LogP contribution is -2.54. The first kappa shape index (κ1) is 25.6. The number of anilines is 1. The Balaban J connectivity index is 1.65. The number of benzene rings is 3. The van der Waals surface area contributed by atoms with Crippen molar-refractivity contribution in [3.63, 3.8) is 0 Å². The summed E-state index contributed by atoms with van der Waals surface area (Å²) < 4.78 is 26.1.